The maximum atomic E-state index is 13.9. The van der Waals surface area contributed by atoms with Crippen LogP contribution in [0.25, 0.3) is 0 Å². The van der Waals surface area contributed by atoms with E-state index in [1.54, 1.807) is 0 Å². The molecule has 1 atom stereocenters. The Morgan fingerprint density at radius 1 is 1.00 bits per heavy atom. The van der Waals surface area contributed by atoms with Crippen molar-refractivity contribution in [1.82, 2.24) is 0 Å². The minimum Gasteiger partial charge on any atom is -1.00 e. The second kappa shape index (κ2) is 8.46. The molecular weight excluding hydrogens is 416 g/mol. The first-order valence-corrected chi connectivity index (χ1v) is 10.0. The van der Waals surface area contributed by atoms with Crippen molar-refractivity contribution in [3.05, 3.63) is 71.8 Å². The van der Waals surface area contributed by atoms with Gasteiger partial charge in [0.15, 0.2) is 11.4 Å². The Bertz CT molecular complexity index is 744. The number of nitrogens with zero attached hydrogens (tertiary/aromatic N) is 1. The van der Waals surface area contributed by atoms with Crippen molar-refractivity contribution in [2.75, 3.05) is 32.7 Å². The first-order chi connectivity index (χ1) is 13.1. The number of ketones is 1. The third kappa shape index (κ3) is 3.57. The van der Waals surface area contributed by atoms with Crippen LogP contribution in [0.4, 0.5) is 0 Å². The van der Waals surface area contributed by atoms with Crippen molar-refractivity contribution in [3.8, 4) is 0 Å². The van der Waals surface area contributed by atoms with E-state index in [0.717, 1.165) is 43.5 Å². The number of carbonyl (C=O) groups excluding carboxylic acids is 1. The standard InChI is InChI=1S/C23H29N2O2.BrH/c24-13-16-25-14-11-18(12-15-25)21(17-25)22(26)23(27,19-7-3-1-4-8-19)20-9-5-2-6-10-20;/h1-10,18,21,27H,11-17,24H2;1H/q+1;/p-1/t18?,21-,25?;/m0./s1. The molecule has 0 unspecified atom stereocenters. The summed E-state index contributed by atoms with van der Waals surface area (Å²) in [6.45, 7) is 4.60. The summed E-state index contributed by atoms with van der Waals surface area (Å²) >= 11 is 0. The van der Waals surface area contributed by atoms with Gasteiger partial charge in [-0.15, -0.1) is 0 Å². The highest BCUT2D eigenvalue weighted by Gasteiger charge is 2.53. The highest BCUT2D eigenvalue weighted by Crippen LogP contribution is 2.43. The molecule has 3 saturated heterocycles. The van der Waals surface area contributed by atoms with Crippen molar-refractivity contribution in [1.29, 1.82) is 0 Å². The monoisotopic (exact) mass is 444 g/mol. The maximum Gasteiger partial charge on any atom is 0.182 e. The van der Waals surface area contributed by atoms with Gasteiger partial charge in [-0.2, -0.15) is 0 Å². The van der Waals surface area contributed by atoms with Gasteiger partial charge in [0.25, 0.3) is 0 Å². The Labute approximate surface area is 177 Å². The number of quaternary nitrogens is 1. The van der Waals surface area contributed by atoms with Gasteiger partial charge in [0.1, 0.15) is 0 Å². The largest absolute Gasteiger partial charge is 1.00 e. The van der Waals surface area contributed by atoms with E-state index in [9.17, 15) is 9.90 Å². The maximum absolute atomic E-state index is 13.9. The van der Waals surface area contributed by atoms with E-state index < -0.39 is 5.60 Å². The van der Waals surface area contributed by atoms with Gasteiger partial charge in [0, 0.05) is 19.4 Å². The zero-order valence-electron chi connectivity index (χ0n) is 16.1. The summed E-state index contributed by atoms with van der Waals surface area (Å²) in [5.74, 6) is 0.197. The second-order valence-electron chi connectivity index (χ2n) is 8.23. The normalized spacial score (nSPS) is 26.5. The highest BCUT2D eigenvalue weighted by atomic mass is 79.9. The molecule has 3 heterocycles. The van der Waals surface area contributed by atoms with Gasteiger partial charge in [-0.25, -0.2) is 0 Å². The van der Waals surface area contributed by atoms with Crippen LogP contribution in [0, 0.1) is 11.8 Å². The third-order valence-corrected chi connectivity index (χ3v) is 6.78. The number of fused-ring (bicyclic) bond motifs is 3. The molecule has 0 radical (unpaired) electrons. The number of benzene rings is 2. The van der Waals surface area contributed by atoms with Crippen molar-refractivity contribution < 1.29 is 31.4 Å². The first-order valence-electron chi connectivity index (χ1n) is 10.0. The minimum absolute atomic E-state index is 0. The van der Waals surface area contributed by atoms with E-state index in [1.807, 2.05) is 60.7 Å². The number of carbonyl (C=O) groups is 1. The molecule has 2 aromatic carbocycles. The van der Waals surface area contributed by atoms with Gasteiger partial charge in [0.05, 0.1) is 32.1 Å². The van der Waals surface area contributed by atoms with Crippen molar-refractivity contribution in [2.24, 2.45) is 17.6 Å². The molecule has 3 N–H and O–H groups in total. The second-order valence-corrected chi connectivity index (χ2v) is 8.23. The molecule has 5 heteroatoms. The molecule has 4 nitrogen and oxygen atoms in total. The summed E-state index contributed by atoms with van der Waals surface area (Å²) in [5.41, 5.74) is 5.59. The molecule has 28 heavy (non-hydrogen) atoms. The zero-order valence-corrected chi connectivity index (χ0v) is 17.7. The van der Waals surface area contributed by atoms with Crippen LogP contribution in [0.5, 0.6) is 0 Å². The van der Waals surface area contributed by atoms with Crippen molar-refractivity contribution >= 4 is 5.78 Å². The van der Waals surface area contributed by atoms with Crippen LogP contribution in [0.3, 0.4) is 0 Å². The molecule has 0 saturated carbocycles. The number of nitrogens with two attached hydrogens (primary N) is 1. The number of Topliss-reactive ketones (excluding diaryl/α,β-unsaturated/α-hetero) is 1. The number of halogens is 1. The van der Waals surface area contributed by atoms with E-state index in [1.165, 1.54) is 0 Å². The van der Waals surface area contributed by atoms with Gasteiger partial charge < -0.3 is 32.3 Å². The molecule has 0 spiro atoms. The topological polar surface area (TPSA) is 63.3 Å². The van der Waals surface area contributed by atoms with Crippen LogP contribution in [0.1, 0.15) is 24.0 Å². The number of hydrogen-bond donors (Lipinski definition) is 2. The van der Waals surface area contributed by atoms with Gasteiger partial charge in [0.2, 0.25) is 0 Å². The van der Waals surface area contributed by atoms with E-state index in [2.05, 4.69) is 0 Å². The van der Waals surface area contributed by atoms with Crippen molar-refractivity contribution in [3.63, 3.8) is 0 Å². The van der Waals surface area contributed by atoms with E-state index >= 15 is 0 Å². The molecular formula is C23H29BrN2O2. The van der Waals surface area contributed by atoms with Gasteiger partial charge in [-0.3, -0.25) is 4.79 Å². The molecule has 5 rings (SSSR count). The molecule has 0 aromatic heterocycles. The zero-order chi connectivity index (χ0) is 18.9. The molecule has 0 aliphatic carbocycles. The lowest BCUT2D eigenvalue weighted by atomic mass is 9.68. The molecule has 3 fully saturated rings. The lowest BCUT2D eigenvalue weighted by molar-refractivity contribution is -0.944. The van der Waals surface area contributed by atoms with E-state index in [0.29, 0.717) is 23.6 Å². The van der Waals surface area contributed by atoms with Crippen LogP contribution in [-0.2, 0) is 10.4 Å². The smallest absolute Gasteiger partial charge is 0.182 e. The Kier molecular flexibility index (Phi) is 6.40. The third-order valence-electron chi connectivity index (χ3n) is 6.78. The fourth-order valence-corrected chi connectivity index (χ4v) is 5.25. The predicted molar refractivity (Wildman–Crippen MR) is 106 cm³/mol. The van der Waals surface area contributed by atoms with E-state index in [4.69, 9.17) is 5.73 Å². The SMILES string of the molecule is NCC[N+]12CCC(CC1)[C@@H](C(=O)C(O)(c1ccccc1)c1ccccc1)C2.[Br-]. The molecule has 2 bridgehead atoms. The predicted octanol–water partition coefficient (Wildman–Crippen LogP) is -0.689. The van der Waals surface area contributed by atoms with Crippen LogP contribution in [0.15, 0.2) is 60.7 Å². The van der Waals surface area contributed by atoms with Gasteiger partial charge in [-0.1, -0.05) is 60.7 Å². The average Bonchev–Trinajstić information content (AvgIpc) is 2.74. The molecule has 3 aliphatic heterocycles. The Balaban J connectivity index is 0.00000225. The average molecular weight is 445 g/mol. The summed E-state index contributed by atoms with van der Waals surface area (Å²) in [6, 6.07) is 18.8. The Morgan fingerprint density at radius 2 is 1.50 bits per heavy atom. The Morgan fingerprint density at radius 3 is 1.96 bits per heavy atom. The van der Waals surface area contributed by atoms with E-state index in [-0.39, 0.29) is 28.7 Å². The fourth-order valence-electron chi connectivity index (χ4n) is 5.25. The fraction of sp³-hybridized carbons (Fsp3) is 0.435. The molecule has 0 amide bonds. The van der Waals surface area contributed by atoms with Crippen LogP contribution < -0.4 is 22.7 Å². The summed E-state index contributed by atoms with van der Waals surface area (Å²) < 4.78 is 0.934. The van der Waals surface area contributed by atoms with Crippen molar-refractivity contribution in [2.45, 2.75) is 18.4 Å². The van der Waals surface area contributed by atoms with Crippen LogP contribution in [-0.4, -0.2) is 48.1 Å². The highest BCUT2D eigenvalue weighted by molar-refractivity contribution is 5.94. The quantitative estimate of drug-likeness (QED) is 0.579. The van der Waals surface area contributed by atoms with Crippen LogP contribution >= 0.6 is 0 Å². The molecule has 150 valence electrons. The van der Waals surface area contributed by atoms with Gasteiger partial charge >= 0.3 is 0 Å². The minimum atomic E-state index is -1.60. The summed E-state index contributed by atoms with van der Waals surface area (Å²) in [6.07, 6.45) is 2.10. The van der Waals surface area contributed by atoms with Gasteiger partial charge in [-0.05, 0) is 17.0 Å². The first kappa shape index (κ1) is 21.2. The number of hydrogen-bond acceptors (Lipinski definition) is 3. The number of rotatable bonds is 6. The number of piperidine rings is 3. The summed E-state index contributed by atoms with van der Waals surface area (Å²) in [4.78, 5) is 13.9. The summed E-state index contributed by atoms with van der Waals surface area (Å²) in [5, 5.41) is 11.8. The molecule has 3 aliphatic rings. The molecule has 2 aromatic rings. The summed E-state index contributed by atoms with van der Waals surface area (Å²) in [7, 11) is 0. The lowest BCUT2D eigenvalue weighted by Gasteiger charge is -2.53. The lowest BCUT2D eigenvalue weighted by Crippen LogP contribution is -3.00. The number of aliphatic hydroxyl groups is 1. The van der Waals surface area contributed by atoms with Crippen LogP contribution in [0.2, 0.25) is 0 Å². The Hall–Kier alpha value is -1.53.